The number of rotatable bonds is 4. The van der Waals surface area contributed by atoms with Crippen LogP contribution in [0.2, 0.25) is 0 Å². The quantitative estimate of drug-likeness (QED) is 0.805. The molecular weight excluding hydrogens is 254 g/mol. The first-order valence-corrected chi connectivity index (χ1v) is 5.96. The van der Waals surface area contributed by atoms with E-state index in [4.69, 9.17) is 5.73 Å². The summed E-state index contributed by atoms with van der Waals surface area (Å²) in [5, 5.41) is 0. The third kappa shape index (κ3) is 4.14. The maximum Gasteiger partial charge on any atom is 0.227 e. The van der Waals surface area contributed by atoms with Crippen molar-refractivity contribution in [2.24, 2.45) is 17.1 Å². The van der Waals surface area contributed by atoms with Gasteiger partial charge in [0.05, 0.1) is 5.92 Å². The summed E-state index contributed by atoms with van der Waals surface area (Å²) in [4.78, 5) is 26.8. The number of halogens is 1. The molecule has 0 aromatic carbocycles. The minimum atomic E-state index is -0.189. The van der Waals surface area contributed by atoms with Gasteiger partial charge in [0.15, 0.2) is 0 Å². The summed E-state index contributed by atoms with van der Waals surface area (Å²) in [6.45, 7) is 5.75. The molecule has 1 saturated heterocycles. The van der Waals surface area contributed by atoms with E-state index in [2.05, 4.69) is 0 Å². The molecule has 0 radical (unpaired) electrons. The van der Waals surface area contributed by atoms with Crippen molar-refractivity contribution in [3.63, 3.8) is 0 Å². The number of likely N-dealkylation sites (tertiary alicyclic amines) is 1. The molecule has 1 aliphatic heterocycles. The summed E-state index contributed by atoms with van der Waals surface area (Å²) in [7, 11) is 3.52. The Morgan fingerprint density at radius 1 is 1.56 bits per heavy atom. The van der Waals surface area contributed by atoms with Crippen molar-refractivity contribution >= 4 is 24.2 Å². The predicted molar refractivity (Wildman–Crippen MR) is 73.5 cm³/mol. The highest BCUT2D eigenvalue weighted by atomic mass is 35.5. The second kappa shape index (κ2) is 6.38. The van der Waals surface area contributed by atoms with Crippen LogP contribution in [0.4, 0.5) is 0 Å². The van der Waals surface area contributed by atoms with E-state index >= 15 is 0 Å². The Balaban J connectivity index is 0.00000289. The van der Waals surface area contributed by atoms with Crippen LogP contribution in [0.25, 0.3) is 0 Å². The Bertz CT molecular complexity index is 320. The van der Waals surface area contributed by atoms with Gasteiger partial charge in [-0.2, -0.15) is 0 Å². The Morgan fingerprint density at radius 2 is 2.11 bits per heavy atom. The average Bonchev–Trinajstić information content (AvgIpc) is 2.57. The van der Waals surface area contributed by atoms with E-state index in [9.17, 15) is 9.59 Å². The molecule has 1 fully saturated rings. The molecule has 1 rings (SSSR count). The normalized spacial score (nSPS) is 19.7. The fourth-order valence-electron chi connectivity index (χ4n) is 2.13. The Kier molecular flexibility index (Phi) is 6.10. The lowest BCUT2D eigenvalue weighted by Crippen LogP contribution is -2.42. The van der Waals surface area contributed by atoms with E-state index in [-0.39, 0.29) is 35.6 Å². The Morgan fingerprint density at radius 3 is 2.50 bits per heavy atom. The van der Waals surface area contributed by atoms with Gasteiger partial charge in [-0.1, -0.05) is 13.8 Å². The zero-order valence-corrected chi connectivity index (χ0v) is 12.4. The van der Waals surface area contributed by atoms with Gasteiger partial charge in [-0.15, -0.1) is 12.4 Å². The third-order valence-electron chi connectivity index (χ3n) is 3.28. The van der Waals surface area contributed by atoms with Crippen LogP contribution in [0.5, 0.6) is 0 Å². The Labute approximate surface area is 115 Å². The molecule has 0 spiro atoms. The van der Waals surface area contributed by atoms with Gasteiger partial charge in [0.1, 0.15) is 0 Å². The first-order valence-electron chi connectivity index (χ1n) is 5.96. The molecule has 106 valence electrons. The van der Waals surface area contributed by atoms with Crippen molar-refractivity contribution in [3.05, 3.63) is 0 Å². The van der Waals surface area contributed by atoms with Crippen LogP contribution in [0, 0.1) is 11.3 Å². The second-order valence-electron chi connectivity index (χ2n) is 5.74. The van der Waals surface area contributed by atoms with Crippen molar-refractivity contribution in [1.82, 2.24) is 9.80 Å². The molecule has 2 amide bonds. The highest BCUT2D eigenvalue weighted by molar-refractivity contribution is 5.89. The monoisotopic (exact) mass is 277 g/mol. The van der Waals surface area contributed by atoms with Crippen molar-refractivity contribution in [2.75, 3.05) is 33.7 Å². The highest BCUT2D eigenvalue weighted by Gasteiger charge is 2.34. The molecule has 1 unspecified atom stereocenters. The summed E-state index contributed by atoms with van der Waals surface area (Å²) in [6.07, 6.45) is 0.336. The van der Waals surface area contributed by atoms with Crippen LogP contribution in [-0.2, 0) is 9.59 Å². The van der Waals surface area contributed by atoms with Crippen LogP contribution < -0.4 is 5.73 Å². The van der Waals surface area contributed by atoms with Crippen molar-refractivity contribution < 1.29 is 9.59 Å². The van der Waals surface area contributed by atoms with E-state index in [0.29, 0.717) is 26.1 Å². The van der Waals surface area contributed by atoms with E-state index in [1.807, 2.05) is 13.8 Å². The Hall–Kier alpha value is -0.810. The molecule has 18 heavy (non-hydrogen) atoms. The molecule has 1 atom stereocenters. The van der Waals surface area contributed by atoms with Gasteiger partial charge < -0.3 is 15.5 Å². The molecule has 1 aliphatic rings. The molecular formula is C12H24ClN3O2. The third-order valence-corrected chi connectivity index (χ3v) is 3.28. The number of carbonyl (C=O) groups is 2. The summed E-state index contributed by atoms with van der Waals surface area (Å²) in [5.74, 6) is -0.0925. The van der Waals surface area contributed by atoms with Gasteiger partial charge >= 0.3 is 0 Å². The first-order chi connectivity index (χ1) is 7.76. The second-order valence-corrected chi connectivity index (χ2v) is 5.74. The molecule has 0 aromatic heterocycles. The standard InChI is InChI=1S/C12H23N3O2.ClH/c1-12(2,7-13)8-15(4)11(17)9-5-10(16)14(3)6-9;/h9H,5-8,13H2,1-4H3;1H. The number of hydrogen-bond acceptors (Lipinski definition) is 3. The zero-order chi connectivity index (χ0) is 13.2. The number of nitrogens with two attached hydrogens (primary N) is 1. The maximum absolute atomic E-state index is 12.1. The number of carbonyl (C=O) groups excluding carboxylic acids is 2. The van der Waals surface area contributed by atoms with Gasteiger partial charge in [0.2, 0.25) is 11.8 Å². The van der Waals surface area contributed by atoms with Gasteiger partial charge in [-0.25, -0.2) is 0 Å². The minimum absolute atomic E-state index is 0. The average molecular weight is 278 g/mol. The van der Waals surface area contributed by atoms with Gasteiger partial charge in [0.25, 0.3) is 0 Å². The van der Waals surface area contributed by atoms with Gasteiger partial charge in [-0.3, -0.25) is 9.59 Å². The van der Waals surface area contributed by atoms with Crippen LogP contribution in [-0.4, -0.2) is 55.3 Å². The smallest absolute Gasteiger partial charge is 0.227 e. The van der Waals surface area contributed by atoms with Crippen LogP contribution in [0.3, 0.4) is 0 Å². The van der Waals surface area contributed by atoms with E-state index in [0.717, 1.165) is 0 Å². The fourth-order valence-corrected chi connectivity index (χ4v) is 2.13. The maximum atomic E-state index is 12.1. The van der Waals surface area contributed by atoms with Crippen LogP contribution in [0.15, 0.2) is 0 Å². The zero-order valence-electron chi connectivity index (χ0n) is 11.6. The van der Waals surface area contributed by atoms with Gasteiger partial charge in [0, 0.05) is 33.6 Å². The molecule has 0 saturated carbocycles. The first kappa shape index (κ1) is 17.2. The summed E-state index contributed by atoms with van der Waals surface area (Å²) in [5.41, 5.74) is 5.57. The predicted octanol–water partition coefficient (Wildman–Crippen LogP) is 0.330. The number of amides is 2. The van der Waals surface area contributed by atoms with Crippen LogP contribution >= 0.6 is 12.4 Å². The lowest BCUT2D eigenvalue weighted by atomic mass is 9.92. The molecule has 1 heterocycles. The lowest BCUT2D eigenvalue weighted by molar-refractivity contribution is -0.135. The molecule has 5 nitrogen and oxygen atoms in total. The summed E-state index contributed by atoms with van der Waals surface area (Å²) in [6, 6.07) is 0. The van der Waals surface area contributed by atoms with Crippen molar-refractivity contribution in [3.8, 4) is 0 Å². The van der Waals surface area contributed by atoms with E-state index in [1.54, 1.807) is 23.9 Å². The van der Waals surface area contributed by atoms with Crippen molar-refractivity contribution in [2.45, 2.75) is 20.3 Å². The molecule has 6 heteroatoms. The highest BCUT2D eigenvalue weighted by Crippen LogP contribution is 2.20. The topological polar surface area (TPSA) is 66.6 Å². The number of hydrogen-bond donors (Lipinski definition) is 1. The van der Waals surface area contributed by atoms with Gasteiger partial charge in [-0.05, 0) is 12.0 Å². The fraction of sp³-hybridized carbons (Fsp3) is 0.833. The van der Waals surface area contributed by atoms with Crippen LogP contribution in [0.1, 0.15) is 20.3 Å². The number of nitrogens with zero attached hydrogens (tertiary/aromatic N) is 2. The lowest BCUT2D eigenvalue weighted by Gasteiger charge is -2.30. The summed E-state index contributed by atoms with van der Waals surface area (Å²) >= 11 is 0. The molecule has 0 aliphatic carbocycles. The SMILES string of the molecule is CN1CC(C(=O)N(C)CC(C)(C)CN)CC1=O.Cl. The van der Waals surface area contributed by atoms with Crippen molar-refractivity contribution in [1.29, 1.82) is 0 Å². The molecule has 0 aromatic rings. The van der Waals surface area contributed by atoms with E-state index < -0.39 is 0 Å². The van der Waals surface area contributed by atoms with E-state index in [1.165, 1.54) is 0 Å². The molecule has 0 bridgehead atoms. The largest absolute Gasteiger partial charge is 0.345 e. The minimum Gasteiger partial charge on any atom is -0.345 e. The summed E-state index contributed by atoms with van der Waals surface area (Å²) < 4.78 is 0. The molecule has 2 N–H and O–H groups in total.